The Balaban J connectivity index is 2.95. The molecule has 0 aliphatic heterocycles. The number of carbonyl (C=O) groups excluding carboxylic acids is 1. The SMILES string of the molecule is COC(=O)C(O)C(O)c1cc(C)cc(N)c1. The fourth-order valence-corrected chi connectivity index (χ4v) is 1.45. The van der Waals surface area contributed by atoms with Gasteiger partial charge in [-0.1, -0.05) is 6.07 Å². The number of carbonyl (C=O) groups is 1. The van der Waals surface area contributed by atoms with Gasteiger partial charge in [-0.15, -0.1) is 0 Å². The standard InChI is InChI=1S/C11H15NO4/c1-6-3-7(5-8(12)4-6)9(13)10(14)11(15)16-2/h3-5,9-10,13-14H,12H2,1-2H3. The third-order valence-corrected chi connectivity index (χ3v) is 2.21. The van der Waals surface area contributed by atoms with Crippen molar-refractivity contribution < 1.29 is 19.7 Å². The summed E-state index contributed by atoms with van der Waals surface area (Å²) in [6.45, 7) is 1.80. The van der Waals surface area contributed by atoms with Gasteiger partial charge >= 0.3 is 5.97 Å². The zero-order chi connectivity index (χ0) is 12.3. The van der Waals surface area contributed by atoms with Crippen molar-refractivity contribution >= 4 is 11.7 Å². The lowest BCUT2D eigenvalue weighted by atomic mass is 10.0. The second kappa shape index (κ2) is 4.96. The normalized spacial score (nSPS) is 14.2. The van der Waals surface area contributed by atoms with Crippen LogP contribution in [-0.2, 0) is 9.53 Å². The van der Waals surface area contributed by atoms with Gasteiger partial charge in [-0.3, -0.25) is 0 Å². The predicted octanol–water partition coefficient (Wildman–Crippen LogP) is 0.145. The molecule has 0 fully saturated rings. The van der Waals surface area contributed by atoms with Crippen LogP contribution in [0.15, 0.2) is 18.2 Å². The summed E-state index contributed by atoms with van der Waals surface area (Å²) < 4.78 is 4.33. The number of aryl methyl sites for hydroxylation is 1. The summed E-state index contributed by atoms with van der Waals surface area (Å²) in [5.74, 6) is -0.882. The van der Waals surface area contributed by atoms with Crippen LogP contribution in [0.3, 0.4) is 0 Å². The molecule has 4 N–H and O–H groups in total. The molecule has 1 aromatic carbocycles. The average Bonchev–Trinajstić information content (AvgIpc) is 2.24. The molecule has 2 atom stereocenters. The number of nitrogens with two attached hydrogens (primary N) is 1. The predicted molar refractivity (Wildman–Crippen MR) is 58.6 cm³/mol. The highest BCUT2D eigenvalue weighted by atomic mass is 16.5. The first kappa shape index (κ1) is 12.5. The van der Waals surface area contributed by atoms with Crippen LogP contribution in [-0.4, -0.2) is 29.4 Å². The number of hydrogen-bond donors (Lipinski definition) is 3. The van der Waals surface area contributed by atoms with E-state index < -0.39 is 18.2 Å². The maximum Gasteiger partial charge on any atom is 0.337 e. The zero-order valence-corrected chi connectivity index (χ0v) is 9.18. The quantitative estimate of drug-likeness (QED) is 0.503. The maximum absolute atomic E-state index is 11.0. The van der Waals surface area contributed by atoms with Gasteiger partial charge in [0.05, 0.1) is 7.11 Å². The van der Waals surface area contributed by atoms with E-state index in [-0.39, 0.29) is 0 Å². The smallest absolute Gasteiger partial charge is 0.337 e. The Labute approximate surface area is 93.5 Å². The molecule has 0 radical (unpaired) electrons. The second-order valence-electron chi connectivity index (χ2n) is 3.59. The molecular formula is C11H15NO4. The Kier molecular flexibility index (Phi) is 3.87. The first-order chi connectivity index (χ1) is 7.45. The summed E-state index contributed by atoms with van der Waals surface area (Å²) in [5, 5.41) is 19.2. The number of aliphatic hydroxyl groups excluding tert-OH is 2. The fourth-order valence-electron chi connectivity index (χ4n) is 1.45. The summed E-state index contributed by atoms with van der Waals surface area (Å²) in [6, 6.07) is 4.87. The van der Waals surface area contributed by atoms with Gasteiger partial charge in [0.1, 0.15) is 6.10 Å². The topological polar surface area (TPSA) is 92.8 Å². The molecule has 0 saturated carbocycles. The van der Waals surface area contributed by atoms with Gasteiger partial charge in [0.25, 0.3) is 0 Å². The van der Waals surface area contributed by atoms with Crippen molar-refractivity contribution in [2.45, 2.75) is 19.1 Å². The third-order valence-electron chi connectivity index (χ3n) is 2.21. The van der Waals surface area contributed by atoms with Crippen LogP contribution < -0.4 is 5.73 Å². The maximum atomic E-state index is 11.0. The molecule has 88 valence electrons. The summed E-state index contributed by atoms with van der Waals surface area (Å²) >= 11 is 0. The van der Waals surface area contributed by atoms with E-state index in [1.807, 2.05) is 0 Å². The first-order valence-corrected chi connectivity index (χ1v) is 4.76. The Morgan fingerprint density at radius 1 is 1.38 bits per heavy atom. The van der Waals surface area contributed by atoms with Crippen LogP contribution >= 0.6 is 0 Å². The molecule has 5 nitrogen and oxygen atoms in total. The molecule has 0 bridgehead atoms. The highest BCUT2D eigenvalue weighted by Gasteiger charge is 2.26. The molecule has 0 aromatic heterocycles. The van der Waals surface area contributed by atoms with Gasteiger partial charge in [-0.05, 0) is 30.2 Å². The summed E-state index contributed by atoms with van der Waals surface area (Å²) in [7, 11) is 1.14. The molecule has 0 aliphatic carbocycles. The summed E-state index contributed by atoms with van der Waals surface area (Å²) in [4.78, 5) is 11.0. The molecule has 0 aliphatic rings. The van der Waals surface area contributed by atoms with Gasteiger partial charge in [0.15, 0.2) is 6.10 Å². The minimum Gasteiger partial charge on any atom is -0.467 e. The second-order valence-corrected chi connectivity index (χ2v) is 3.59. The lowest BCUT2D eigenvalue weighted by molar-refractivity contribution is -0.156. The number of ether oxygens (including phenoxy) is 1. The van der Waals surface area contributed by atoms with Crippen molar-refractivity contribution in [1.29, 1.82) is 0 Å². The van der Waals surface area contributed by atoms with Crippen molar-refractivity contribution in [3.05, 3.63) is 29.3 Å². The molecule has 0 spiro atoms. The van der Waals surface area contributed by atoms with E-state index in [9.17, 15) is 15.0 Å². The van der Waals surface area contributed by atoms with E-state index >= 15 is 0 Å². The molecule has 16 heavy (non-hydrogen) atoms. The van der Waals surface area contributed by atoms with E-state index in [1.54, 1.807) is 19.1 Å². The molecule has 1 aromatic rings. The number of rotatable bonds is 3. The van der Waals surface area contributed by atoms with E-state index in [0.29, 0.717) is 11.3 Å². The Morgan fingerprint density at radius 3 is 2.50 bits per heavy atom. The number of aliphatic hydroxyl groups is 2. The minimum absolute atomic E-state index is 0.385. The largest absolute Gasteiger partial charge is 0.467 e. The van der Waals surface area contributed by atoms with E-state index in [4.69, 9.17) is 5.73 Å². The number of esters is 1. The van der Waals surface area contributed by atoms with E-state index in [2.05, 4.69) is 4.74 Å². The highest BCUT2D eigenvalue weighted by molar-refractivity contribution is 5.75. The van der Waals surface area contributed by atoms with Crippen molar-refractivity contribution in [3.63, 3.8) is 0 Å². The molecule has 2 unspecified atom stereocenters. The molecule has 1 rings (SSSR count). The van der Waals surface area contributed by atoms with Crippen LogP contribution in [0.1, 0.15) is 17.2 Å². The van der Waals surface area contributed by atoms with Crippen LogP contribution in [0.2, 0.25) is 0 Å². The monoisotopic (exact) mass is 225 g/mol. The van der Waals surface area contributed by atoms with E-state index in [1.165, 1.54) is 6.07 Å². The van der Waals surface area contributed by atoms with Crippen molar-refractivity contribution in [3.8, 4) is 0 Å². The van der Waals surface area contributed by atoms with Crippen molar-refractivity contribution in [2.24, 2.45) is 0 Å². The minimum atomic E-state index is -1.61. The van der Waals surface area contributed by atoms with Gasteiger partial charge in [-0.25, -0.2) is 4.79 Å². The Bertz CT molecular complexity index is 371. The molecule has 0 saturated heterocycles. The number of methoxy groups -OCH3 is 1. The number of benzene rings is 1. The van der Waals surface area contributed by atoms with Gasteiger partial charge in [0, 0.05) is 5.69 Å². The first-order valence-electron chi connectivity index (χ1n) is 4.76. The highest BCUT2D eigenvalue weighted by Crippen LogP contribution is 2.21. The Morgan fingerprint density at radius 2 is 2.00 bits per heavy atom. The lowest BCUT2D eigenvalue weighted by Crippen LogP contribution is -2.29. The van der Waals surface area contributed by atoms with Crippen LogP contribution in [0, 0.1) is 6.92 Å². The van der Waals surface area contributed by atoms with Crippen LogP contribution in [0.5, 0.6) is 0 Å². The summed E-state index contributed by atoms with van der Waals surface area (Å²) in [5.41, 5.74) is 7.28. The third kappa shape index (κ3) is 2.71. The molecule has 0 amide bonds. The summed E-state index contributed by atoms with van der Waals surface area (Å²) in [6.07, 6.45) is -2.94. The van der Waals surface area contributed by atoms with Gasteiger partial charge < -0.3 is 20.7 Å². The van der Waals surface area contributed by atoms with Gasteiger partial charge in [-0.2, -0.15) is 0 Å². The lowest BCUT2D eigenvalue weighted by Gasteiger charge is -2.16. The molecule has 0 heterocycles. The molecule has 5 heteroatoms. The van der Waals surface area contributed by atoms with Gasteiger partial charge in [0.2, 0.25) is 0 Å². The Hall–Kier alpha value is -1.59. The number of anilines is 1. The zero-order valence-electron chi connectivity index (χ0n) is 9.18. The van der Waals surface area contributed by atoms with Crippen LogP contribution in [0.4, 0.5) is 5.69 Å². The van der Waals surface area contributed by atoms with E-state index in [0.717, 1.165) is 12.7 Å². The number of hydrogen-bond acceptors (Lipinski definition) is 5. The number of nitrogen functional groups attached to an aromatic ring is 1. The fraction of sp³-hybridized carbons (Fsp3) is 0.364. The average molecular weight is 225 g/mol. The van der Waals surface area contributed by atoms with Crippen molar-refractivity contribution in [1.82, 2.24) is 0 Å². The molecular weight excluding hydrogens is 210 g/mol. The van der Waals surface area contributed by atoms with Crippen molar-refractivity contribution in [2.75, 3.05) is 12.8 Å². The van der Waals surface area contributed by atoms with Crippen LogP contribution in [0.25, 0.3) is 0 Å².